The molecule has 7 nitrogen and oxygen atoms in total. The molecule has 0 unspecified atom stereocenters. The lowest BCUT2D eigenvalue weighted by molar-refractivity contribution is 0.0956. The normalized spacial score (nSPS) is 11.2. The van der Waals surface area contributed by atoms with Crippen LogP contribution in [0.1, 0.15) is 29.4 Å². The van der Waals surface area contributed by atoms with Crippen LogP contribution in [0.5, 0.6) is 0 Å². The Hall–Kier alpha value is -1.67. The van der Waals surface area contributed by atoms with Gasteiger partial charge in [-0.15, -0.1) is 0 Å². The van der Waals surface area contributed by atoms with Crippen molar-refractivity contribution in [3.63, 3.8) is 0 Å². The van der Waals surface area contributed by atoms with Gasteiger partial charge in [0.1, 0.15) is 5.82 Å². The zero-order chi connectivity index (χ0) is 15.2. The first-order valence-corrected chi connectivity index (χ1v) is 8.04. The van der Waals surface area contributed by atoms with Gasteiger partial charge in [0.25, 0.3) is 5.91 Å². The minimum atomic E-state index is -3.57. The van der Waals surface area contributed by atoms with Gasteiger partial charge in [0.2, 0.25) is 10.0 Å². The van der Waals surface area contributed by atoms with Crippen LogP contribution in [0.25, 0.3) is 0 Å². The van der Waals surface area contributed by atoms with E-state index in [1.807, 2.05) is 6.92 Å². The molecule has 1 aromatic rings. The van der Waals surface area contributed by atoms with E-state index < -0.39 is 10.0 Å². The molecule has 1 rings (SSSR count). The molecule has 0 aliphatic heterocycles. The second-order valence-corrected chi connectivity index (χ2v) is 6.17. The highest BCUT2D eigenvalue weighted by Gasteiger charge is 2.09. The number of nitrogens with one attached hydrogen (secondary N) is 2. The minimum Gasteiger partial charge on any atom is -0.370 e. The van der Waals surface area contributed by atoms with Gasteiger partial charge in [0.15, 0.2) is 0 Å². The smallest absolute Gasteiger partial charge is 0.251 e. The molecular weight excluding hydrogens is 280 g/mol. The first-order valence-electron chi connectivity index (χ1n) is 6.33. The highest BCUT2D eigenvalue weighted by molar-refractivity contribution is 7.89. The number of amides is 1. The van der Waals surface area contributed by atoms with Gasteiger partial charge in [-0.05, 0) is 25.5 Å². The molecule has 0 bridgehead atoms. The van der Waals surface area contributed by atoms with Gasteiger partial charge in [0.05, 0.1) is 5.75 Å². The van der Waals surface area contributed by atoms with Crippen molar-refractivity contribution in [2.75, 3.05) is 24.2 Å². The lowest BCUT2D eigenvalue weighted by Gasteiger charge is -2.09. The molecule has 0 saturated carbocycles. The largest absolute Gasteiger partial charge is 0.370 e. The second kappa shape index (κ2) is 7.20. The zero-order valence-electron chi connectivity index (χ0n) is 11.6. The van der Waals surface area contributed by atoms with E-state index >= 15 is 0 Å². The number of rotatable bonds is 7. The SMILES string of the molecule is CCCNc1cc(C(=O)NCCS(N)(=O)=O)cc(C)n1. The molecule has 1 heterocycles. The fourth-order valence-electron chi connectivity index (χ4n) is 1.55. The maximum atomic E-state index is 11.9. The number of primary sulfonamides is 1. The monoisotopic (exact) mass is 300 g/mol. The average Bonchev–Trinajstić information content (AvgIpc) is 2.34. The Bertz CT molecular complexity index is 572. The van der Waals surface area contributed by atoms with E-state index in [0.717, 1.165) is 13.0 Å². The van der Waals surface area contributed by atoms with Crippen LogP contribution in [0, 0.1) is 6.92 Å². The molecule has 20 heavy (non-hydrogen) atoms. The van der Waals surface area contributed by atoms with Crippen LogP contribution in [0.15, 0.2) is 12.1 Å². The summed E-state index contributed by atoms with van der Waals surface area (Å²) in [4.78, 5) is 16.2. The molecule has 0 fully saturated rings. The third-order valence-electron chi connectivity index (χ3n) is 2.44. The Morgan fingerprint density at radius 1 is 1.35 bits per heavy atom. The number of pyridine rings is 1. The minimum absolute atomic E-state index is 0.0171. The van der Waals surface area contributed by atoms with Gasteiger partial charge < -0.3 is 10.6 Å². The molecular formula is C12H20N4O3S. The van der Waals surface area contributed by atoms with Crippen molar-refractivity contribution in [1.29, 1.82) is 0 Å². The van der Waals surface area contributed by atoms with E-state index in [2.05, 4.69) is 15.6 Å². The van der Waals surface area contributed by atoms with E-state index in [-0.39, 0.29) is 18.2 Å². The Labute approximate surface area is 119 Å². The van der Waals surface area contributed by atoms with Crippen molar-refractivity contribution < 1.29 is 13.2 Å². The Balaban J connectivity index is 2.69. The zero-order valence-corrected chi connectivity index (χ0v) is 12.5. The van der Waals surface area contributed by atoms with Crippen LogP contribution >= 0.6 is 0 Å². The maximum absolute atomic E-state index is 11.9. The van der Waals surface area contributed by atoms with Gasteiger partial charge in [0, 0.05) is 24.3 Å². The van der Waals surface area contributed by atoms with E-state index in [9.17, 15) is 13.2 Å². The topological polar surface area (TPSA) is 114 Å². The highest BCUT2D eigenvalue weighted by atomic mass is 32.2. The van der Waals surface area contributed by atoms with Gasteiger partial charge in [-0.25, -0.2) is 18.5 Å². The molecule has 0 aliphatic carbocycles. The number of aromatic nitrogens is 1. The standard InChI is InChI=1S/C12H20N4O3S/c1-3-4-14-11-8-10(7-9(2)16-11)12(17)15-5-6-20(13,18)19/h7-8H,3-6H2,1-2H3,(H,14,16)(H,15,17)(H2,13,18,19). The lowest BCUT2D eigenvalue weighted by Crippen LogP contribution is -2.31. The Morgan fingerprint density at radius 2 is 2.05 bits per heavy atom. The molecule has 0 spiro atoms. The van der Waals surface area contributed by atoms with E-state index in [1.54, 1.807) is 19.1 Å². The Morgan fingerprint density at radius 3 is 2.65 bits per heavy atom. The third-order valence-corrected chi connectivity index (χ3v) is 3.22. The number of hydrogen-bond acceptors (Lipinski definition) is 5. The van der Waals surface area contributed by atoms with Crippen molar-refractivity contribution in [3.8, 4) is 0 Å². The van der Waals surface area contributed by atoms with Gasteiger partial charge >= 0.3 is 0 Å². The van der Waals surface area contributed by atoms with Crippen molar-refractivity contribution >= 4 is 21.7 Å². The first-order chi connectivity index (χ1) is 9.31. The van der Waals surface area contributed by atoms with Crippen LogP contribution in [-0.4, -0.2) is 38.2 Å². The molecule has 8 heteroatoms. The van der Waals surface area contributed by atoms with Crippen molar-refractivity contribution in [2.24, 2.45) is 5.14 Å². The molecule has 0 atom stereocenters. The van der Waals surface area contributed by atoms with Crippen LogP contribution in [0.2, 0.25) is 0 Å². The van der Waals surface area contributed by atoms with E-state index in [1.165, 1.54) is 0 Å². The number of nitrogens with two attached hydrogens (primary N) is 1. The summed E-state index contributed by atoms with van der Waals surface area (Å²) in [6, 6.07) is 3.28. The number of anilines is 1. The predicted molar refractivity (Wildman–Crippen MR) is 78.1 cm³/mol. The number of carbonyl (C=O) groups excluding carboxylic acids is 1. The molecule has 0 aromatic carbocycles. The summed E-state index contributed by atoms with van der Waals surface area (Å²) in [5.41, 5.74) is 1.15. The molecule has 4 N–H and O–H groups in total. The maximum Gasteiger partial charge on any atom is 0.251 e. The van der Waals surface area contributed by atoms with Crippen LogP contribution in [-0.2, 0) is 10.0 Å². The summed E-state index contributed by atoms with van der Waals surface area (Å²) in [7, 11) is -3.57. The van der Waals surface area contributed by atoms with Gasteiger partial charge in [-0.2, -0.15) is 0 Å². The summed E-state index contributed by atoms with van der Waals surface area (Å²) in [6.07, 6.45) is 0.950. The summed E-state index contributed by atoms with van der Waals surface area (Å²) in [5, 5.41) is 10.5. The molecule has 1 aromatic heterocycles. The first kappa shape index (κ1) is 16.4. The fourth-order valence-corrected chi connectivity index (χ4v) is 1.94. The Kier molecular flexibility index (Phi) is 5.90. The van der Waals surface area contributed by atoms with Crippen LogP contribution in [0.4, 0.5) is 5.82 Å². The number of aryl methyl sites for hydroxylation is 1. The highest BCUT2D eigenvalue weighted by Crippen LogP contribution is 2.10. The van der Waals surface area contributed by atoms with Gasteiger partial charge in [-0.3, -0.25) is 4.79 Å². The van der Waals surface area contributed by atoms with Crippen molar-refractivity contribution in [3.05, 3.63) is 23.4 Å². The second-order valence-electron chi connectivity index (χ2n) is 4.43. The van der Waals surface area contributed by atoms with E-state index in [0.29, 0.717) is 17.1 Å². The third kappa shape index (κ3) is 5.98. The van der Waals surface area contributed by atoms with Crippen molar-refractivity contribution in [1.82, 2.24) is 10.3 Å². The molecule has 0 radical (unpaired) electrons. The quantitative estimate of drug-likeness (QED) is 0.667. The van der Waals surface area contributed by atoms with Gasteiger partial charge in [-0.1, -0.05) is 6.92 Å². The average molecular weight is 300 g/mol. The van der Waals surface area contributed by atoms with Crippen molar-refractivity contribution in [2.45, 2.75) is 20.3 Å². The number of carbonyl (C=O) groups is 1. The number of nitrogens with zero attached hydrogens (tertiary/aromatic N) is 1. The predicted octanol–water partition coefficient (Wildman–Crippen LogP) is 0.230. The molecule has 0 saturated heterocycles. The fraction of sp³-hybridized carbons (Fsp3) is 0.500. The van der Waals surface area contributed by atoms with E-state index in [4.69, 9.17) is 5.14 Å². The molecule has 112 valence electrons. The number of hydrogen-bond donors (Lipinski definition) is 3. The summed E-state index contributed by atoms with van der Waals surface area (Å²) in [5.74, 6) is -0.00819. The summed E-state index contributed by atoms with van der Waals surface area (Å²) < 4.78 is 21.6. The molecule has 0 aliphatic rings. The van der Waals surface area contributed by atoms with Crippen LogP contribution < -0.4 is 15.8 Å². The lowest BCUT2D eigenvalue weighted by atomic mass is 10.2. The summed E-state index contributed by atoms with van der Waals surface area (Å²) >= 11 is 0. The van der Waals surface area contributed by atoms with Crippen LogP contribution in [0.3, 0.4) is 0 Å². The summed E-state index contributed by atoms with van der Waals surface area (Å²) in [6.45, 7) is 4.57. The number of sulfonamides is 1. The molecule has 1 amide bonds.